The van der Waals surface area contributed by atoms with Crippen LogP contribution in [-0.2, 0) is 16.6 Å². The number of benzene rings is 1. The number of sulfonamides is 1. The fourth-order valence-electron chi connectivity index (χ4n) is 2.19. The SMILES string of the molecule is C=CCN(C1CC1)S(=O)(=O)c1ccc(CNCC)cc1F. The molecule has 0 radical (unpaired) electrons. The molecule has 0 bridgehead atoms. The molecular weight excluding hydrogens is 291 g/mol. The van der Waals surface area contributed by atoms with Crippen LogP contribution in [0.1, 0.15) is 25.3 Å². The molecule has 116 valence electrons. The highest BCUT2D eigenvalue weighted by Gasteiger charge is 2.38. The summed E-state index contributed by atoms with van der Waals surface area (Å²) < 4.78 is 40.7. The topological polar surface area (TPSA) is 49.4 Å². The van der Waals surface area contributed by atoms with Gasteiger partial charge in [0.2, 0.25) is 10.0 Å². The lowest BCUT2D eigenvalue weighted by Gasteiger charge is -2.20. The molecule has 0 spiro atoms. The molecule has 1 fully saturated rings. The van der Waals surface area contributed by atoms with Gasteiger partial charge in [-0.1, -0.05) is 19.1 Å². The van der Waals surface area contributed by atoms with Crippen LogP contribution in [0.25, 0.3) is 0 Å². The molecule has 0 aliphatic heterocycles. The van der Waals surface area contributed by atoms with Gasteiger partial charge in [-0.15, -0.1) is 6.58 Å². The highest BCUT2D eigenvalue weighted by atomic mass is 32.2. The molecule has 1 aliphatic carbocycles. The van der Waals surface area contributed by atoms with Crippen LogP contribution in [0.2, 0.25) is 0 Å². The van der Waals surface area contributed by atoms with E-state index in [2.05, 4.69) is 11.9 Å². The highest BCUT2D eigenvalue weighted by Crippen LogP contribution is 2.32. The Kier molecular flexibility index (Phi) is 5.13. The van der Waals surface area contributed by atoms with Crippen molar-refractivity contribution < 1.29 is 12.8 Å². The van der Waals surface area contributed by atoms with Crippen LogP contribution in [0.4, 0.5) is 4.39 Å². The maximum absolute atomic E-state index is 14.2. The number of hydrogen-bond donors (Lipinski definition) is 1. The van der Waals surface area contributed by atoms with Gasteiger partial charge >= 0.3 is 0 Å². The summed E-state index contributed by atoms with van der Waals surface area (Å²) in [7, 11) is -3.80. The highest BCUT2D eigenvalue weighted by molar-refractivity contribution is 7.89. The van der Waals surface area contributed by atoms with E-state index in [1.54, 1.807) is 6.07 Å². The first kappa shape index (κ1) is 16.1. The first-order valence-corrected chi connectivity index (χ1v) is 8.56. The first-order chi connectivity index (χ1) is 10.0. The third-order valence-electron chi connectivity index (χ3n) is 3.43. The molecule has 0 unspecified atom stereocenters. The molecule has 0 heterocycles. The van der Waals surface area contributed by atoms with E-state index >= 15 is 0 Å². The lowest BCUT2D eigenvalue weighted by molar-refractivity contribution is 0.431. The average molecular weight is 312 g/mol. The van der Waals surface area contributed by atoms with Crippen LogP contribution in [0.5, 0.6) is 0 Å². The van der Waals surface area contributed by atoms with E-state index < -0.39 is 15.8 Å². The van der Waals surface area contributed by atoms with Gasteiger partial charge in [-0.05, 0) is 37.1 Å². The minimum atomic E-state index is -3.80. The molecular formula is C15H21FN2O2S. The smallest absolute Gasteiger partial charge is 0.246 e. The largest absolute Gasteiger partial charge is 0.313 e. The fraction of sp³-hybridized carbons (Fsp3) is 0.467. The summed E-state index contributed by atoms with van der Waals surface area (Å²) in [5.41, 5.74) is 0.731. The standard InChI is InChI=1S/C15H21FN2O2S/c1-3-9-18(13-6-7-13)21(19,20)15-8-5-12(10-14(15)16)11-17-4-2/h3,5,8,10,13,17H,1,4,6-7,9,11H2,2H3. The number of halogens is 1. The van der Waals surface area contributed by atoms with Crippen LogP contribution in [0, 0.1) is 5.82 Å². The van der Waals surface area contributed by atoms with Crippen molar-refractivity contribution in [2.45, 2.75) is 37.2 Å². The Morgan fingerprint density at radius 1 is 1.48 bits per heavy atom. The monoisotopic (exact) mass is 312 g/mol. The predicted octanol–water partition coefficient (Wildman–Crippen LogP) is 2.27. The lowest BCUT2D eigenvalue weighted by Crippen LogP contribution is -2.33. The normalized spacial score (nSPS) is 15.4. The molecule has 0 saturated heterocycles. The fourth-order valence-corrected chi connectivity index (χ4v) is 3.90. The van der Waals surface area contributed by atoms with Gasteiger partial charge in [0.1, 0.15) is 10.7 Å². The van der Waals surface area contributed by atoms with E-state index in [1.165, 1.54) is 22.5 Å². The molecule has 0 amide bonds. The van der Waals surface area contributed by atoms with Gasteiger partial charge in [-0.2, -0.15) is 4.31 Å². The van der Waals surface area contributed by atoms with E-state index in [-0.39, 0.29) is 17.5 Å². The molecule has 1 aromatic carbocycles. The molecule has 1 N–H and O–H groups in total. The minimum Gasteiger partial charge on any atom is -0.313 e. The number of nitrogens with one attached hydrogen (secondary N) is 1. The predicted molar refractivity (Wildman–Crippen MR) is 80.9 cm³/mol. The second-order valence-corrected chi connectivity index (χ2v) is 7.00. The second-order valence-electron chi connectivity index (χ2n) is 5.14. The average Bonchev–Trinajstić information content (AvgIpc) is 3.26. The Morgan fingerprint density at radius 2 is 2.19 bits per heavy atom. The second kappa shape index (κ2) is 6.68. The van der Waals surface area contributed by atoms with Crippen molar-refractivity contribution >= 4 is 10.0 Å². The van der Waals surface area contributed by atoms with Gasteiger partial charge in [0.15, 0.2) is 0 Å². The van der Waals surface area contributed by atoms with Crippen molar-refractivity contribution in [3.8, 4) is 0 Å². The van der Waals surface area contributed by atoms with Crippen LogP contribution >= 0.6 is 0 Å². The zero-order valence-electron chi connectivity index (χ0n) is 12.2. The summed E-state index contributed by atoms with van der Waals surface area (Å²) in [6.07, 6.45) is 3.19. The van der Waals surface area contributed by atoms with Crippen molar-refractivity contribution in [2.75, 3.05) is 13.1 Å². The third kappa shape index (κ3) is 3.70. The summed E-state index contributed by atoms with van der Waals surface area (Å²) in [4.78, 5) is -0.253. The number of hydrogen-bond acceptors (Lipinski definition) is 3. The van der Waals surface area contributed by atoms with E-state index in [9.17, 15) is 12.8 Å². The van der Waals surface area contributed by atoms with Gasteiger partial charge in [0.05, 0.1) is 0 Å². The summed E-state index contributed by atoms with van der Waals surface area (Å²) in [5.74, 6) is -0.694. The first-order valence-electron chi connectivity index (χ1n) is 7.12. The zero-order valence-corrected chi connectivity index (χ0v) is 13.0. The molecule has 4 nitrogen and oxygen atoms in total. The summed E-state index contributed by atoms with van der Waals surface area (Å²) in [6, 6.07) is 4.27. The minimum absolute atomic E-state index is 0.0196. The van der Waals surface area contributed by atoms with Crippen molar-refractivity contribution in [1.29, 1.82) is 0 Å². The molecule has 0 aromatic heterocycles. The van der Waals surface area contributed by atoms with Crippen molar-refractivity contribution in [1.82, 2.24) is 9.62 Å². The number of nitrogens with zero attached hydrogens (tertiary/aromatic N) is 1. The Morgan fingerprint density at radius 3 is 2.71 bits per heavy atom. The van der Waals surface area contributed by atoms with Crippen molar-refractivity contribution in [3.05, 3.63) is 42.2 Å². The maximum atomic E-state index is 14.2. The molecule has 1 aliphatic rings. The van der Waals surface area contributed by atoms with Crippen LogP contribution in [-0.4, -0.2) is 31.9 Å². The van der Waals surface area contributed by atoms with E-state index in [4.69, 9.17) is 0 Å². The van der Waals surface area contributed by atoms with Crippen molar-refractivity contribution in [2.24, 2.45) is 0 Å². The molecule has 1 aromatic rings. The lowest BCUT2D eigenvalue weighted by atomic mass is 10.2. The Balaban J connectivity index is 2.28. The summed E-state index contributed by atoms with van der Waals surface area (Å²) >= 11 is 0. The van der Waals surface area contributed by atoms with Gasteiger partial charge in [-0.3, -0.25) is 0 Å². The third-order valence-corrected chi connectivity index (χ3v) is 5.38. The molecule has 2 rings (SSSR count). The zero-order chi connectivity index (χ0) is 15.5. The summed E-state index contributed by atoms with van der Waals surface area (Å²) in [6.45, 7) is 7.05. The molecule has 21 heavy (non-hydrogen) atoms. The van der Waals surface area contributed by atoms with Gasteiger partial charge in [-0.25, -0.2) is 12.8 Å². The quantitative estimate of drug-likeness (QED) is 0.749. The molecule has 6 heteroatoms. The Labute approximate surface area is 125 Å². The van der Waals surface area contributed by atoms with E-state index in [0.29, 0.717) is 6.54 Å². The Hall–Kier alpha value is -1.24. The van der Waals surface area contributed by atoms with Crippen LogP contribution in [0.3, 0.4) is 0 Å². The summed E-state index contributed by atoms with van der Waals surface area (Å²) in [5, 5.41) is 3.08. The van der Waals surface area contributed by atoms with E-state index in [0.717, 1.165) is 24.9 Å². The van der Waals surface area contributed by atoms with Crippen LogP contribution < -0.4 is 5.32 Å². The van der Waals surface area contributed by atoms with E-state index in [1.807, 2.05) is 6.92 Å². The molecule has 1 saturated carbocycles. The van der Waals surface area contributed by atoms with Crippen LogP contribution in [0.15, 0.2) is 35.7 Å². The molecule has 0 atom stereocenters. The maximum Gasteiger partial charge on any atom is 0.246 e. The van der Waals surface area contributed by atoms with Crippen molar-refractivity contribution in [3.63, 3.8) is 0 Å². The van der Waals surface area contributed by atoms with Gasteiger partial charge < -0.3 is 5.32 Å². The van der Waals surface area contributed by atoms with Gasteiger partial charge in [0.25, 0.3) is 0 Å². The Bertz CT molecular complexity index is 612. The van der Waals surface area contributed by atoms with Gasteiger partial charge in [0, 0.05) is 19.1 Å². The number of rotatable bonds is 8.